The van der Waals surface area contributed by atoms with Gasteiger partial charge in [0.05, 0.1) is 23.2 Å². The molecule has 1 aliphatic heterocycles. The third-order valence-corrected chi connectivity index (χ3v) is 4.25. The van der Waals surface area contributed by atoms with Gasteiger partial charge in [-0.2, -0.15) is 0 Å². The van der Waals surface area contributed by atoms with Gasteiger partial charge in [-0.05, 0) is 34.5 Å². The Hall–Kier alpha value is -0.580. The van der Waals surface area contributed by atoms with E-state index in [9.17, 15) is 4.79 Å². The van der Waals surface area contributed by atoms with Crippen molar-refractivity contribution in [3.05, 3.63) is 33.3 Å². The van der Waals surface area contributed by atoms with E-state index in [0.29, 0.717) is 23.8 Å². The Morgan fingerprint density at radius 3 is 3.00 bits per heavy atom. The molecule has 0 N–H and O–H groups in total. The molecule has 0 aliphatic carbocycles. The Labute approximate surface area is 114 Å². The van der Waals surface area contributed by atoms with Gasteiger partial charge >= 0.3 is 0 Å². The Balaban J connectivity index is 2.21. The van der Waals surface area contributed by atoms with E-state index in [1.54, 1.807) is 18.0 Å². The maximum Gasteiger partial charge on any atom is 0.255 e. The molecule has 0 bridgehead atoms. The zero-order valence-electron chi connectivity index (χ0n) is 9.45. The highest BCUT2D eigenvalue weighted by Gasteiger charge is 2.26. The van der Waals surface area contributed by atoms with E-state index in [-0.39, 0.29) is 11.9 Å². The second-order valence-electron chi connectivity index (χ2n) is 4.03. The maximum absolute atomic E-state index is 12.3. The molecule has 17 heavy (non-hydrogen) atoms. The largest absolute Gasteiger partial charge is 0.379 e. The van der Waals surface area contributed by atoms with Crippen molar-refractivity contribution < 1.29 is 9.53 Å². The molecule has 1 saturated heterocycles. The van der Waals surface area contributed by atoms with Crippen LogP contribution in [0.4, 0.5) is 0 Å². The predicted molar refractivity (Wildman–Crippen MR) is 70.5 cm³/mol. The van der Waals surface area contributed by atoms with Gasteiger partial charge in [-0.3, -0.25) is 4.79 Å². The van der Waals surface area contributed by atoms with Crippen molar-refractivity contribution in [2.75, 3.05) is 20.3 Å². The SMILES string of the molecule is CN(C(=O)c1cccc(Br)c1Cl)C1CCOC1. The van der Waals surface area contributed by atoms with Crippen LogP contribution in [0.5, 0.6) is 0 Å². The van der Waals surface area contributed by atoms with Crippen molar-refractivity contribution in [2.24, 2.45) is 0 Å². The fourth-order valence-corrected chi connectivity index (χ4v) is 2.43. The number of benzene rings is 1. The Bertz CT molecular complexity index is 433. The molecule has 0 radical (unpaired) electrons. The van der Waals surface area contributed by atoms with Gasteiger partial charge < -0.3 is 9.64 Å². The van der Waals surface area contributed by atoms with Crippen LogP contribution >= 0.6 is 27.5 Å². The standard InChI is InChI=1S/C12H13BrClNO2/c1-15(8-5-6-17-7-8)12(16)9-3-2-4-10(13)11(9)14/h2-4,8H,5-7H2,1H3. The van der Waals surface area contributed by atoms with Crippen LogP contribution in [-0.2, 0) is 4.74 Å². The topological polar surface area (TPSA) is 29.5 Å². The van der Waals surface area contributed by atoms with Gasteiger partial charge in [-0.1, -0.05) is 17.7 Å². The Morgan fingerprint density at radius 1 is 1.59 bits per heavy atom. The molecule has 92 valence electrons. The smallest absolute Gasteiger partial charge is 0.255 e. The molecule has 3 nitrogen and oxygen atoms in total. The number of nitrogens with zero attached hydrogens (tertiary/aromatic N) is 1. The van der Waals surface area contributed by atoms with Crippen LogP contribution in [0.25, 0.3) is 0 Å². The summed E-state index contributed by atoms with van der Waals surface area (Å²) in [5.74, 6) is -0.0631. The lowest BCUT2D eigenvalue weighted by molar-refractivity contribution is 0.0711. The lowest BCUT2D eigenvalue weighted by Crippen LogP contribution is -2.37. The molecule has 2 rings (SSSR count). The number of hydrogen-bond acceptors (Lipinski definition) is 2. The minimum Gasteiger partial charge on any atom is -0.379 e. The van der Waals surface area contributed by atoms with Crippen molar-refractivity contribution >= 4 is 33.4 Å². The summed E-state index contributed by atoms with van der Waals surface area (Å²) in [6.07, 6.45) is 0.883. The molecule has 1 aromatic carbocycles. The second-order valence-corrected chi connectivity index (χ2v) is 5.27. The number of halogens is 2. The third-order valence-electron chi connectivity index (χ3n) is 2.96. The molecule has 1 atom stereocenters. The summed E-state index contributed by atoms with van der Waals surface area (Å²) < 4.78 is 6.02. The molecule has 0 spiro atoms. The van der Waals surface area contributed by atoms with E-state index in [1.807, 2.05) is 12.1 Å². The number of rotatable bonds is 2. The van der Waals surface area contributed by atoms with E-state index >= 15 is 0 Å². The van der Waals surface area contributed by atoms with Crippen molar-refractivity contribution in [1.82, 2.24) is 4.90 Å². The van der Waals surface area contributed by atoms with Crippen molar-refractivity contribution in [3.8, 4) is 0 Å². The van der Waals surface area contributed by atoms with Crippen molar-refractivity contribution in [1.29, 1.82) is 0 Å². The van der Waals surface area contributed by atoms with Crippen LogP contribution in [0, 0.1) is 0 Å². The maximum atomic E-state index is 12.3. The van der Waals surface area contributed by atoms with E-state index in [0.717, 1.165) is 10.9 Å². The predicted octanol–water partition coefficient (Wildman–Crippen LogP) is 2.96. The average Bonchev–Trinajstić information content (AvgIpc) is 2.84. The van der Waals surface area contributed by atoms with E-state index < -0.39 is 0 Å². The molecule has 0 saturated carbocycles. The molecular formula is C12H13BrClNO2. The van der Waals surface area contributed by atoms with Crippen LogP contribution in [0.1, 0.15) is 16.8 Å². The Kier molecular flexibility index (Phi) is 4.07. The van der Waals surface area contributed by atoms with Gasteiger partial charge in [0.2, 0.25) is 0 Å². The first-order valence-corrected chi connectivity index (χ1v) is 6.57. The molecule has 1 amide bonds. The summed E-state index contributed by atoms with van der Waals surface area (Å²) in [4.78, 5) is 14.0. The monoisotopic (exact) mass is 317 g/mol. The lowest BCUT2D eigenvalue weighted by atomic mass is 10.1. The molecule has 0 aromatic heterocycles. The van der Waals surface area contributed by atoms with Gasteiger partial charge in [0, 0.05) is 18.1 Å². The zero-order valence-corrected chi connectivity index (χ0v) is 11.8. The molecule has 5 heteroatoms. The van der Waals surface area contributed by atoms with E-state index in [2.05, 4.69) is 15.9 Å². The molecule has 1 fully saturated rings. The second kappa shape index (κ2) is 5.38. The summed E-state index contributed by atoms with van der Waals surface area (Å²) in [7, 11) is 1.79. The van der Waals surface area contributed by atoms with Gasteiger partial charge in [-0.15, -0.1) is 0 Å². The quantitative estimate of drug-likeness (QED) is 0.839. The minimum atomic E-state index is -0.0631. The highest BCUT2D eigenvalue weighted by Crippen LogP contribution is 2.27. The van der Waals surface area contributed by atoms with Gasteiger partial charge in [-0.25, -0.2) is 0 Å². The molecular weight excluding hydrogens is 305 g/mol. The number of amides is 1. The highest BCUT2D eigenvalue weighted by atomic mass is 79.9. The molecule has 1 aliphatic rings. The number of ether oxygens (including phenoxy) is 1. The highest BCUT2D eigenvalue weighted by molar-refractivity contribution is 9.10. The molecule has 1 heterocycles. The van der Waals surface area contributed by atoms with Crippen LogP contribution in [-0.4, -0.2) is 37.1 Å². The van der Waals surface area contributed by atoms with Gasteiger partial charge in [0.15, 0.2) is 0 Å². The Morgan fingerprint density at radius 2 is 2.35 bits per heavy atom. The van der Waals surface area contributed by atoms with Crippen LogP contribution in [0.15, 0.2) is 22.7 Å². The van der Waals surface area contributed by atoms with Gasteiger partial charge in [0.1, 0.15) is 0 Å². The fraction of sp³-hybridized carbons (Fsp3) is 0.417. The number of hydrogen-bond donors (Lipinski definition) is 0. The fourth-order valence-electron chi connectivity index (χ4n) is 1.85. The van der Waals surface area contributed by atoms with Crippen LogP contribution < -0.4 is 0 Å². The summed E-state index contributed by atoms with van der Waals surface area (Å²) >= 11 is 9.43. The minimum absolute atomic E-state index is 0.0631. The molecule has 1 aromatic rings. The van der Waals surface area contributed by atoms with Crippen LogP contribution in [0.2, 0.25) is 5.02 Å². The number of likely N-dealkylation sites (N-methyl/N-ethyl adjacent to an activating group) is 1. The third kappa shape index (κ3) is 2.64. The van der Waals surface area contributed by atoms with E-state index in [4.69, 9.17) is 16.3 Å². The lowest BCUT2D eigenvalue weighted by Gasteiger charge is -2.23. The number of carbonyl (C=O) groups excluding carboxylic acids is 1. The zero-order chi connectivity index (χ0) is 12.4. The number of carbonyl (C=O) groups is 1. The van der Waals surface area contributed by atoms with Crippen LogP contribution in [0.3, 0.4) is 0 Å². The first-order chi connectivity index (χ1) is 8.11. The van der Waals surface area contributed by atoms with Crippen molar-refractivity contribution in [2.45, 2.75) is 12.5 Å². The average molecular weight is 319 g/mol. The van der Waals surface area contributed by atoms with Gasteiger partial charge in [0.25, 0.3) is 5.91 Å². The normalized spacial score (nSPS) is 19.4. The summed E-state index contributed by atoms with van der Waals surface area (Å²) in [6, 6.07) is 5.51. The first-order valence-electron chi connectivity index (χ1n) is 5.40. The summed E-state index contributed by atoms with van der Waals surface area (Å²) in [5.41, 5.74) is 0.524. The molecule has 1 unspecified atom stereocenters. The summed E-state index contributed by atoms with van der Waals surface area (Å²) in [5, 5.41) is 0.461. The summed E-state index contributed by atoms with van der Waals surface area (Å²) in [6.45, 7) is 1.32. The van der Waals surface area contributed by atoms with E-state index in [1.165, 1.54) is 0 Å². The first kappa shape index (κ1) is 12.9. The van der Waals surface area contributed by atoms with Crippen molar-refractivity contribution in [3.63, 3.8) is 0 Å².